The number of fused-ring (bicyclic) bond motifs is 1. The summed E-state index contributed by atoms with van der Waals surface area (Å²) in [5.41, 5.74) is 0.0448. The van der Waals surface area contributed by atoms with Crippen LogP contribution in [-0.4, -0.2) is 43.1 Å². The second-order valence-electron chi connectivity index (χ2n) is 5.38. The fourth-order valence-electron chi connectivity index (χ4n) is 2.57. The van der Waals surface area contributed by atoms with Crippen molar-refractivity contribution >= 4 is 16.9 Å². The number of carbonyl (C=O) groups is 1. The maximum atomic E-state index is 12.2. The van der Waals surface area contributed by atoms with Crippen LogP contribution in [0.1, 0.15) is 6.92 Å². The first-order chi connectivity index (χ1) is 10.6. The lowest BCUT2D eigenvalue weighted by atomic mass is 10.2. The molecule has 116 valence electrons. The van der Waals surface area contributed by atoms with E-state index in [-0.39, 0.29) is 18.6 Å². The van der Waals surface area contributed by atoms with Crippen molar-refractivity contribution in [3.05, 3.63) is 40.8 Å². The Morgan fingerprint density at radius 3 is 3.05 bits per heavy atom. The second-order valence-corrected chi connectivity index (χ2v) is 5.38. The van der Waals surface area contributed by atoms with Crippen molar-refractivity contribution in [2.24, 2.45) is 0 Å². The van der Waals surface area contributed by atoms with Gasteiger partial charge in [0.05, 0.1) is 0 Å². The van der Waals surface area contributed by atoms with Crippen molar-refractivity contribution < 1.29 is 13.9 Å². The standard InChI is InChI=1S/C16H18N2O4/c1-11-9-17-6-7-18(11)15(19)10-21-13-4-2-12-3-5-16(20)22-14(12)8-13/h2-5,8,11,17H,6-7,9-10H2,1H3/t11-/m1/s1. The Hall–Kier alpha value is -2.34. The molecule has 1 aromatic heterocycles. The zero-order chi connectivity index (χ0) is 15.5. The maximum absolute atomic E-state index is 12.2. The average Bonchev–Trinajstić information content (AvgIpc) is 2.52. The zero-order valence-corrected chi connectivity index (χ0v) is 12.4. The lowest BCUT2D eigenvalue weighted by Crippen LogP contribution is -2.53. The molecule has 1 N–H and O–H groups in total. The van der Waals surface area contributed by atoms with Crippen LogP contribution in [0.5, 0.6) is 5.75 Å². The third kappa shape index (κ3) is 3.12. The molecule has 1 atom stereocenters. The molecule has 2 heterocycles. The minimum atomic E-state index is -0.407. The highest BCUT2D eigenvalue weighted by Crippen LogP contribution is 2.19. The van der Waals surface area contributed by atoms with Crippen molar-refractivity contribution in [1.29, 1.82) is 0 Å². The van der Waals surface area contributed by atoms with E-state index >= 15 is 0 Å². The highest BCUT2D eigenvalue weighted by atomic mass is 16.5. The minimum absolute atomic E-state index is 0.0209. The molecule has 1 amide bonds. The Morgan fingerprint density at radius 2 is 2.23 bits per heavy atom. The molecule has 1 fully saturated rings. The number of hydrogen-bond donors (Lipinski definition) is 1. The average molecular weight is 302 g/mol. The molecule has 0 spiro atoms. The molecule has 6 heteroatoms. The number of hydrogen-bond acceptors (Lipinski definition) is 5. The Morgan fingerprint density at radius 1 is 1.41 bits per heavy atom. The number of nitrogens with zero attached hydrogens (tertiary/aromatic N) is 1. The van der Waals surface area contributed by atoms with E-state index in [0.717, 1.165) is 18.5 Å². The predicted octanol–water partition coefficient (Wildman–Crippen LogP) is 0.992. The predicted molar refractivity (Wildman–Crippen MR) is 82.0 cm³/mol. The Bertz CT molecular complexity index is 740. The summed E-state index contributed by atoms with van der Waals surface area (Å²) in [6, 6.07) is 8.42. The van der Waals surface area contributed by atoms with E-state index < -0.39 is 5.63 Å². The monoisotopic (exact) mass is 302 g/mol. The summed E-state index contributed by atoms with van der Waals surface area (Å²) < 4.78 is 10.6. The number of piperazine rings is 1. The third-order valence-corrected chi connectivity index (χ3v) is 3.78. The van der Waals surface area contributed by atoms with Gasteiger partial charge < -0.3 is 19.4 Å². The van der Waals surface area contributed by atoms with Crippen LogP contribution in [0.25, 0.3) is 11.0 Å². The molecular weight excluding hydrogens is 284 g/mol. The van der Waals surface area contributed by atoms with Crippen molar-refractivity contribution in [3.8, 4) is 5.75 Å². The van der Waals surface area contributed by atoms with Crippen molar-refractivity contribution in [2.75, 3.05) is 26.2 Å². The second kappa shape index (κ2) is 6.19. The van der Waals surface area contributed by atoms with E-state index in [9.17, 15) is 9.59 Å². The number of ether oxygens (including phenoxy) is 1. The van der Waals surface area contributed by atoms with E-state index in [1.807, 2.05) is 11.8 Å². The number of rotatable bonds is 3. The molecule has 3 rings (SSSR count). The van der Waals surface area contributed by atoms with Gasteiger partial charge in [0, 0.05) is 43.2 Å². The molecule has 1 saturated heterocycles. The lowest BCUT2D eigenvalue weighted by Gasteiger charge is -2.33. The van der Waals surface area contributed by atoms with Crippen LogP contribution in [0.2, 0.25) is 0 Å². The van der Waals surface area contributed by atoms with E-state index in [4.69, 9.17) is 9.15 Å². The van der Waals surface area contributed by atoms with Crippen LogP contribution in [0, 0.1) is 0 Å². The molecule has 1 aliphatic rings. The van der Waals surface area contributed by atoms with Gasteiger partial charge in [-0.15, -0.1) is 0 Å². The van der Waals surface area contributed by atoms with E-state index in [1.54, 1.807) is 24.3 Å². The molecule has 0 unspecified atom stereocenters. The summed E-state index contributed by atoms with van der Waals surface area (Å²) in [5.74, 6) is 0.474. The molecule has 1 aromatic carbocycles. The van der Waals surface area contributed by atoms with Gasteiger partial charge in [-0.25, -0.2) is 4.79 Å². The van der Waals surface area contributed by atoms with Crippen molar-refractivity contribution in [3.63, 3.8) is 0 Å². The summed E-state index contributed by atoms with van der Waals surface area (Å²) >= 11 is 0. The Balaban J connectivity index is 1.68. The number of nitrogens with one attached hydrogen (secondary N) is 1. The van der Waals surface area contributed by atoms with Crippen LogP contribution < -0.4 is 15.7 Å². The van der Waals surface area contributed by atoms with Crippen LogP contribution >= 0.6 is 0 Å². The smallest absolute Gasteiger partial charge is 0.336 e. The first-order valence-corrected chi connectivity index (χ1v) is 7.30. The lowest BCUT2D eigenvalue weighted by molar-refractivity contribution is -0.136. The van der Waals surface area contributed by atoms with Crippen molar-refractivity contribution in [1.82, 2.24) is 10.2 Å². The molecule has 0 bridgehead atoms. The van der Waals surface area contributed by atoms with Crippen LogP contribution in [0.4, 0.5) is 0 Å². The third-order valence-electron chi connectivity index (χ3n) is 3.78. The Labute approximate surface area is 127 Å². The van der Waals surface area contributed by atoms with Gasteiger partial charge in [-0.05, 0) is 25.1 Å². The summed E-state index contributed by atoms with van der Waals surface area (Å²) in [6.07, 6.45) is 0. The molecule has 22 heavy (non-hydrogen) atoms. The van der Waals surface area contributed by atoms with Gasteiger partial charge in [-0.2, -0.15) is 0 Å². The number of carbonyl (C=O) groups excluding carboxylic acids is 1. The molecule has 0 saturated carbocycles. The minimum Gasteiger partial charge on any atom is -0.484 e. The first kappa shape index (κ1) is 14.6. The highest BCUT2D eigenvalue weighted by molar-refractivity contribution is 5.79. The summed E-state index contributed by atoms with van der Waals surface area (Å²) in [5, 5.41) is 4.06. The van der Waals surface area contributed by atoms with E-state index in [2.05, 4.69) is 5.32 Å². The van der Waals surface area contributed by atoms with Gasteiger partial charge in [-0.3, -0.25) is 4.79 Å². The van der Waals surface area contributed by atoms with Gasteiger partial charge in [0.1, 0.15) is 11.3 Å². The fraction of sp³-hybridized carbons (Fsp3) is 0.375. The number of benzene rings is 1. The van der Waals surface area contributed by atoms with Gasteiger partial charge in [0.2, 0.25) is 0 Å². The summed E-state index contributed by atoms with van der Waals surface area (Å²) in [6.45, 7) is 4.28. The fourth-order valence-corrected chi connectivity index (χ4v) is 2.57. The maximum Gasteiger partial charge on any atom is 0.336 e. The van der Waals surface area contributed by atoms with Crippen LogP contribution in [0.15, 0.2) is 39.5 Å². The van der Waals surface area contributed by atoms with Crippen molar-refractivity contribution in [2.45, 2.75) is 13.0 Å². The normalized spacial score (nSPS) is 18.4. The Kier molecular flexibility index (Phi) is 4.11. The molecule has 2 aromatic rings. The van der Waals surface area contributed by atoms with Gasteiger partial charge >= 0.3 is 5.63 Å². The molecule has 0 aliphatic carbocycles. The topological polar surface area (TPSA) is 71.8 Å². The SMILES string of the molecule is C[C@@H]1CNCCN1C(=O)COc1ccc2ccc(=O)oc2c1. The molecule has 1 aliphatic heterocycles. The van der Waals surface area contributed by atoms with Crippen LogP contribution in [0.3, 0.4) is 0 Å². The van der Waals surface area contributed by atoms with Gasteiger partial charge in [0.25, 0.3) is 5.91 Å². The van der Waals surface area contributed by atoms with E-state index in [1.165, 1.54) is 6.07 Å². The number of amides is 1. The molecular formula is C16H18N2O4. The van der Waals surface area contributed by atoms with Gasteiger partial charge in [0.15, 0.2) is 6.61 Å². The quantitative estimate of drug-likeness (QED) is 0.856. The summed E-state index contributed by atoms with van der Waals surface area (Å²) in [4.78, 5) is 25.2. The van der Waals surface area contributed by atoms with E-state index in [0.29, 0.717) is 17.9 Å². The molecule has 6 nitrogen and oxygen atoms in total. The summed E-state index contributed by atoms with van der Waals surface area (Å²) in [7, 11) is 0. The highest BCUT2D eigenvalue weighted by Gasteiger charge is 2.23. The van der Waals surface area contributed by atoms with Crippen LogP contribution in [-0.2, 0) is 4.79 Å². The molecule has 0 radical (unpaired) electrons. The van der Waals surface area contributed by atoms with Gasteiger partial charge in [-0.1, -0.05) is 0 Å². The first-order valence-electron chi connectivity index (χ1n) is 7.30. The largest absolute Gasteiger partial charge is 0.484 e. The zero-order valence-electron chi connectivity index (χ0n) is 12.4.